The highest BCUT2D eigenvalue weighted by atomic mass is 31.2. The van der Waals surface area contributed by atoms with Gasteiger partial charge in [-0.2, -0.15) is 0 Å². The first-order valence-electron chi connectivity index (χ1n) is 5.45. The van der Waals surface area contributed by atoms with Gasteiger partial charge >= 0.3 is 16.5 Å². The van der Waals surface area contributed by atoms with Crippen molar-refractivity contribution in [1.82, 2.24) is 0 Å². The van der Waals surface area contributed by atoms with E-state index in [2.05, 4.69) is 13.4 Å². The van der Waals surface area contributed by atoms with Crippen LogP contribution in [0.25, 0.3) is 0 Å². The Morgan fingerprint density at radius 1 is 0.938 bits per heavy atom. The largest absolute Gasteiger partial charge is 0.328 e. The summed E-state index contributed by atoms with van der Waals surface area (Å²) in [6.45, 7) is -0.185. The van der Waals surface area contributed by atoms with Crippen molar-refractivity contribution in [3.8, 4) is 0 Å². The molecule has 1 aliphatic heterocycles. The third-order valence-electron chi connectivity index (χ3n) is 2.42. The van der Waals surface area contributed by atoms with E-state index in [0.29, 0.717) is 6.04 Å². The standard InChI is InChI=1S/C7H15N.CH4O5P2/c8-7-5-3-1-2-4-6-7;2-7-4-1-5-8(3)6-7/h7H,1-6,8H2;7-8H,1H2. The maximum Gasteiger partial charge on any atom is 0.328 e. The van der Waals surface area contributed by atoms with Crippen LogP contribution in [0.1, 0.15) is 38.5 Å². The fraction of sp³-hybridized carbons (Fsp3) is 1.00. The van der Waals surface area contributed by atoms with Crippen molar-refractivity contribution in [3.05, 3.63) is 0 Å². The van der Waals surface area contributed by atoms with Gasteiger partial charge in [-0.25, -0.2) is 4.31 Å². The molecule has 1 aliphatic carbocycles. The van der Waals surface area contributed by atoms with Gasteiger partial charge in [0.1, 0.15) is 0 Å². The van der Waals surface area contributed by atoms with Gasteiger partial charge in [-0.05, 0) is 12.8 Å². The van der Waals surface area contributed by atoms with Gasteiger partial charge in [-0.3, -0.25) is 18.2 Å². The molecule has 0 aromatic rings. The van der Waals surface area contributed by atoms with Crippen LogP contribution >= 0.6 is 16.5 Å². The summed E-state index contributed by atoms with van der Waals surface area (Å²) < 4.78 is 33.0. The molecule has 2 rings (SSSR count). The third kappa shape index (κ3) is 6.79. The second-order valence-electron chi connectivity index (χ2n) is 3.76. The average Bonchev–Trinajstić information content (AvgIpc) is 2.46. The van der Waals surface area contributed by atoms with Gasteiger partial charge in [-0.15, -0.1) is 0 Å². The van der Waals surface area contributed by atoms with E-state index >= 15 is 0 Å². The molecule has 8 heteroatoms. The van der Waals surface area contributed by atoms with E-state index in [9.17, 15) is 9.13 Å². The molecule has 0 aromatic heterocycles. The van der Waals surface area contributed by atoms with Crippen LogP contribution in [-0.2, 0) is 22.5 Å². The van der Waals surface area contributed by atoms with Gasteiger partial charge in [0.2, 0.25) is 0 Å². The van der Waals surface area contributed by atoms with Crippen LogP contribution in [0.2, 0.25) is 0 Å². The van der Waals surface area contributed by atoms with Crippen LogP contribution in [-0.4, -0.2) is 12.8 Å². The van der Waals surface area contributed by atoms with Crippen LogP contribution in [0.15, 0.2) is 0 Å². The molecule has 2 aliphatic rings. The summed E-state index contributed by atoms with van der Waals surface area (Å²) in [6.07, 6.45) is 8.07. The van der Waals surface area contributed by atoms with Crippen LogP contribution in [0.5, 0.6) is 0 Å². The summed E-state index contributed by atoms with van der Waals surface area (Å²) in [6, 6.07) is 0.525. The number of nitrogens with two attached hydrogens (primary N) is 1. The molecule has 6 nitrogen and oxygen atoms in total. The van der Waals surface area contributed by atoms with E-state index in [-0.39, 0.29) is 6.79 Å². The molecule has 0 bridgehead atoms. The summed E-state index contributed by atoms with van der Waals surface area (Å²) in [5.41, 5.74) is 5.73. The SMILES string of the molecule is NC1CCCCCC1.O=[PH]1OCO[PH](=O)O1. The lowest BCUT2D eigenvalue weighted by molar-refractivity contribution is 0.0870. The first kappa shape index (κ1) is 14.4. The van der Waals surface area contributed by atoms with Gasteiger partial charge in [0, 0.05) is 6.04 Å². The van der Waals surface area contributed by atoms with Crippen molar-refractivity contribution < 1.29 is 22.5 Å². The Morgan fingerprint density at radius 2 is 1.44 bits per heavy atom. The predicted octanol–water partition coefficient (Wildman–Crippen LogP) is 2.45. The molecule has 2 atom stereocenters. The molecule has 2 N–H and O–H groups in total. The Morgan fingerprint density at radius 3 is 1.81 bits per heavy atom. The van der Waals surface area contributed by atoms with Crippen molar-refractivity contribution in [2.75, 3.05) is 6.79 Å². The minimum absolute atomic E-state index is 0.185. The molecule has 0 radical (unpaired) electrons. The van der Waals surface area contributed by atoms with E-state index in [0.717, 1.165) is 0 Å². The summed E-state index contributed by atoms with van der Waals surface area (Å²) in [7, 11) is -4.97. The summed E-state index contributed by atoms with van der Waals surface area (Å²) in [4.78, 5) is 0. The molecule has 2 fully saturated rings. The molecule has 96 valence electrons. The van der Waals surface area contributed by atoms with Crippen molar-refractivity contribution in [1.29, 1.82) is 0 Å². The lowest BCUT2D eigenvalue weighted by atomic mass is 10.1. The van der Waals surface area contributed by atoms with E-state index < -0.39 is 16.5 Å². The lowest BCUT2D eigenvalue weighted by Gasteiger charge is -2.09. The van der Waals surface area contributed by atoms with E-state index in [1.54, 1.807) is 0 Å². The molecule has 0 amide bonds. The zero-order chi connectivity index (χ0) is 11.8. The normalized spacial score (nSPS) is 32.3. The zero-order valence-corrected chi connectivity index (χ0v) is 11.1. The topological polar surface area (TPSA) is 87.9 Å². The van der Waals surface area contributed by atoms with Gasteiger partial charge in [0.05, 0.1) is 0 Å². The molecule has 16 heavy (non-hydrogen) atoms. The van der Waals surface area contributed by atoms with Crippen LogP contribution in [0.3, 0.4) is 0 Å². The Hall–Kier alpha value is 0.300. The number of hydrogen-bond acceptors (Lipinski definition) is 6. The molecular formula is C8H19NO5P2. The first-order chi connectivity index (χ1) is 7.68. The highest BCUT2D eigenvalue weighted by molar-refractivity contribution is 7.48. The minimum atomic E-state index is -2.48. The van der Waals surface area contributed by atoms with Gasteiger partial charge in [-0.1, -0.05) is 25.7 Å². The lowest BCUT2D eigenvalue weighted by Crippen LogP contribution is -2.17. The fourth-order valence-corrected chi connectivity index (χ4v) is 3.01. The predicted molar refractivity (Wildman–Crippen MR) is 61.8 cm³/mol. The number of hydrogen-bond donors (Lipinski definition) is 1. The van der Waals surface area contributed by atoms with Crippen LogP contribution in [0.4, 0.5) is 0 Å². The third-order valence-corrected chi connectivity index (χ3v) is 4.46. The second kappa shape index (κ2) is 8.40. The smallest absolute Gasteiger partial charge is 0.328 e. The monoisotopic (exact) mass is 271 g/mol. The van der Waals surface area contributed by atoms with Crippen molar-refractivity contribution >= 4 is 16.5 Å². The molecule has 1 heterocycles. The zero-order valence-electron chi connectivity index (χ0n) is 9.15. The minimum Gasteiger partial charge on any atom is -0.328 e. The van der Waals surface area contributed by atoms with Crippen LogP contribution in [0, 0.1) is 0 Å². The summed E-state index contributed by atoms with van der Waals surface area (Å²) >= 11 is 0. The second-order valence-corrected chi connectivity index (χ2v) is 6.15. The van der Waals surface area contributed by atoms with E-state index in [1.807, 2.05) is 0 Å². The molecular weight excluding hydrogens is 252 g/mol. The van der Waals surface area contributed by atoms with E-state index in [4.69, 9.17) is 5.73 Å². The summed E-state index contributed by atoms with van der Waals surface area (Å²) in [5, 5.41) is 0. The summed E-state index contributed by atoms with van der Waals surface area (Å²) in [5.74, 6) is 0. The highest BCUT2D eigenvalue weighted by Gasteiger charge is 2.12. The van der Waals surface area contributed by atoms with Gasteiger partial charge < -0.3 is 5.73 Å². The van der Waals surface area contributed by atoms with Gasteiger partial charge in [0.25, 0.3) is 0 Å². The molecule has 0 spiro atoms. The molecule has 1 saturated heterocycles. The molecule has 2 unspecified atom stereocenters. The Balaban J connectivity index is 0.000000160. The van der Waals surface area contributed by atoms with Gasteiger partial charge in [0.15, 0.2) is 6.79 Å². The first-order valence-corrected chi connectivity index (χ1v) is 7.90. The highest BCUT2D eigenvalue weighted by Crippen LogP contribution is 2.44. The van der Waals surface area contributed by atoms with Crippen molar-refractivity contribution in [3.63, 3.8) is 0 Å². The Bertz CT molecular complexity index is 229. The Labute approximate surface area is 96.7 Å². The van der Waals surface area contributed by atoms with Crippen LogP contribution < -0.4 is 5.73 Å². The number of rotatable bonds is 0. The average molecular weight is 271 g/mol. The van der Waals surface area contributed by atoms with E-state index in [1.165, 1.54) is 38.5 Å². The maximum absolute atomic E-state index is 10.2. The maximum atomic E-state index is 10.2. The molecule has 0 aromatic carbocycles. The Kier molecular flexibility index (Phi) is 7.54. The molecule has 1 saturated carbocycles. The van der Waals surface area contributed by atoms with Crippen molar-refractivity contribution in [2.24, 2.45) is 5.73 Å². The van der Waals surface area contributed by atoms with Crippen molar-refractivity contribution in [2.45, 2.75) is 44.6 Å². The fourth-order valence-electron chi connectivity index (χ4n) is 1.56. The quantitative estimate of drug-likeness (QED) is 0.537.